The first-order valence-electron chi connectivity index (χ1n) is 16.2. The average molecular weight is 717 g/mol. The van der Waals surface area contributed by atoms with Gasteiger partial charge < -0.3 is 47.2 Å². The maximum Gasteiger partial charge on any atom is 0.327 e. The number of thiol groups is 1. The summed E-state index contributed by atoms with van der Waals surface area (Å²) < 4.78 is 0. The topological polar surface area (TPSA) is 252 Å². The molecule has 0 radical (unpaired) electrons. The van der Waals surface area contributed by atoms with Gasteiger partial charge in [-0.3, -0.25) is 28.8 Å². The highest BCUT2D eigenvalue weighted by Crippen LogP contribution is 2.17. The zero-order valence-corrected chi connectivity index (χ0v) is 28.6. The lowest BCUT2D eigenvalue weighted by Gasteiger charge is -2.27. The Hall–Kier alpha value is -4.74. The maximum atomic E-state index is 13.6. The van der Waals surface area contributed by atoms with Gasteiger partial charge in [-0.2, -0.15) is 12.6 Å². The van der Waals surface area contributed by atoms with E-state index in [1.165, 1.54) is 13.8 Å². The monoisotopic (exact) mass is 716 g/mol. The number of rotatable bonds is 18. The number of aliphatic hydroxyl groups is 1. The second-order valence-corrected chi connectivity index (χ2v) is 12.5. The molecule has 0 bridgehead atoms. The first kappa shape index (κ1) is 39.7. The minimum Gasteiger partial charge on any atom is -0.481 e. The molecule has 1 fully saturated rings. The minimum atomic E-state index is -1.62. The average Bonchev–Trinajstić information content (AvgIpc) is 3.62. The second kappa shape index (κ2) is 18.9. The number of nitrogens with one attached hydrogen (secondary N) is 6. The third-order valence-corrected chi connectivity index (χ3v) is 8.52. The van der Waals surface area contributed by atoms with Gasteiger partial charge in [0.2, 0.25) is 29.5 Å². The van der Waals surface area contributed by atoms with E-state index < -0.39 is 96.7 Å². The van der Waals surface area contributed by atoms with Crippen LogP contribution >= 0.6 is 12.6 Å². The normalized spacial score (nSPS) is 17.6. The highest BCUT2D eigenvalue weighted by molar-refractivity contribution is 7.80. The van der Waals surface area contributed by atoms with Crippen molar-refractivity contribution in [3.8, 4) is 0 Å². The molecule has 1 aliphatic heterocycles. The van der Waals surface area contributed by atoms with Gasteiger partial charge in [-0.15, -0.1) is 0 Å². The first-order valence-corrected chi connectivity index (χ1v) is 16.8. The van der Waals surface area contributed by atoms with Crippen molar-refractivity contribution in [2.75, 3.05) is 12.3 Å². The van der Waals surface area contributed by atoms with Crippen molar-refractivity contribution in [3.05, 3.63) is 48.0 Å². The molecule has 0 aliphatic carbocycles. The van der Waals surface area contributed by atoms with Crippen LogP contribution in [0.25, 0.3) is 10.8 Å². The minimum absolute atomic E-state index is 0.104. The molecule has 17 heteroatoms. The Morgan fingerprint density at radius 2 is 1.46 bits per heavy atom. The summed E-state index contributed by atoms with van der Waals surface area (Å²) in [5.74, 6) is -6.97. The number of carbonyl (C=O) groups excluding carboxylic acids is 5. The van der Waals surface area contributed by atoms with Crippen LogP contribution in [-0.2, 0) is 40.0 Å². The van der Waals surface area contributed by atoms with Crippen molar-refractivity contribution in [1.29, 1.82) is 0 Å². The van der Waals surface area contributed by atoms with Crippen LogP contribution in [0.5, 0.6) is 0 Å². The van der Waals surface area contributed by atoms with Crippen molar-refractivity contribution in [2.45, 2.75) is 88.3 Å². The summed E-state index contributed by atoms with van der Waals surface area (Å²) in [7, 11) is 0. The fourth-order valence-electron chi connectivity index (χ4n) is 5.31. The Kier molecular flexibility index (Phi) is 15.0. The highest BCUT2D eigenvalue weighted by Gasteiger charge is 2.34. The molecule has 0 aromatic heterocycles. The van der Waals surface area contributed by atoms with Gasteiger partial charge in [0.25, 0.3) is 0 Å². The van der Waals surface area contributed by atoms with Crippen molar-refractivity contribution < 1.29 is 48.9 Å². The summed E-state index contributed by atoms with van der Waals surface area (Å²) in [4.78, 5) is 88.8. The van der Waals surface area contributed by atoms with E-state index in [0.717, 1.165) is 17.2 Å². The van der Waals surface area contributed by atoms with Crippen LogP contribution in [0.3, 0.4) is 0 Å². The van der Waals surface area contributed by atoms with E-state index in [1.54, 1.807) is 12.1 Å². The fraction of sp³-hybridized carbons (Fsp3) is 0.485. The molecule has 272 valence electrons. The SMILES string of the molecule is C[C@H](NC(=O)[C@@H]1CCCN1)C(=O)N[C@H](C(=O)N[C@@H](CCC(=O)O)C(=O)N[C@@H](Cc1ccc2ccccc2c1)C(=O)N[C@@H](CS)C(=O)O)[C@@H](C)O. The number of amides is 5. The molecular weight excluding hydrogens is 672 g/mol. The second-order valence-electron chi connectivity index (χ2n) is 12.1. The smallest absolute Gasteiger partial charge is 0.327 e. The Balaban J connectivity index is 1.80. The molecule has 0 spiro atoms. The molecule has 5 amide bonds. The third kappa shape index (κ3) is 11.7. The number of carbonyl (C=O) groups is 7. The van der Waals surface area contributed by atoms with Gasteiger partial charge in [0.1, 0.15) is 30.2 Å². The van der Waals surface area contributed by atoms with E-state index in [4.69, 9.17) is 0 Å². The Morgan fingerprint density at radius 3 is 2.06 bits per heavy atom. The van der Waals surface area contributed by atoms with Gasteiger partial charge in [0, 0.05) is 18.6 Å². The van der Waals surface area contributed by atoms with Gasteiger partial charge in [0.15, 0.2) is 0 Å². The molecule has 16 nitrogen and oxygen atoms in total. The van der Waals surface area contributed by atoms with E-state index in [1.807, 2.05) is 30.3 Å². The van der Waals surface area contributed by atoms with Crippen molar-refractivity contribution in [1.82, 2.24) is 31.9 Å². The lowest BCUT2D eigenvalue weighted by atomic mass is 10.00. The molecule has 3 rings (SSSR count). The van der Waals surface area contributed by atoms with Crippen LogP contribution < -0.4 is 31.9 Å². The lowest BCUT2D eigenvalue weighted by Crippen LogP contribution is -2.61. The molecule has 1 heterocycles. The molecular formula is C33H44N6O10S. The Labute approximate surface area is 293 Å². The first-order chi connectivity index (χ1) is 23.7. The van der Waals surface area contributed by atoms with Crippen LogP contribution in [0.2, 0.25) is 0 Å². The zero-order chi connectivity index (χ0) is 37.0. The summed E-state index contributed by atoms with van der Waals surface area (Å²) in [5.41, 5.74) is 0.606. The van der Waals surface area contributed by atoms with Crippen LogP contribution in [0.1, 0.15) is 45.1 Å². The zero-order valence-electron chi connectivity index (χ0n) is 27.7. The maximum absolute atomic E-state index is 13.6. The van der Waals surface area contributed by atoms with E-state index in [-0.39, 0.29) is 12.2 Å². The van der Waals surface area contributed by atoms with E-state index in [0.29, 0.717) is 18.5 Å². The van der Waals surface area contributed by atoms with Gasteiger partial charge in [-0.1, -0.05) is 42.5 Å². The van der Waals surface area contributed by atoms with Crippen molar-refractivity contribution in [2.24, 2.45) is 0 Å². The predicted octanol–water partition coefficient (Wildman–Crippen LogP) is -1.16. The van der Waals surface area contributed by atoms with Crippen LogP contribution in [-0.4, -0.2) is 111 Å². The van der Waals surface area contributed by atoms with Gasteiger partial charge in [-0.05, 0) is 56.0 Å². The van der Waals surface area contributed by atoms with Crippen molar-refractivity contribution >= 4 is 64.9 Å². The number of aliphatic hydroxyl groups excluding tert-OH is 1. The number of aliphatic carboxylic acids is 2. The van der Waals surface area contributed by atoms with Crippen molar-refractivity contribution in [3.63, 3.8) is 0 Å². The van der Waals surface area contributed by atoms with Crippen LogP contribution in [0.15, 0.2) is 42.5 Å². The summed E-state index contributed by atoms with van der Waals surface area (Å²) in [6.07, 6.45) is -1.21. The molecule has 1 saturated heterocycles. The summed E-state index contributed by atoms with van der Waals surface area (Å²) in [6.45, 7) is 3.27. The van der Waals surface area contributed by atoms with Gasteiger partial charge >= 0.3 is 11.9 Å². The third-order valence-electron chi connectivity index (χ3n) is 8.16. The van der Waals surface area contributed by atoms with Crippen LogP contribution in [0.4, 0.5) is 0 Å². The number of hydrogen-bond donors (Lipinski definition) is 10. The van der Waals surface area contributed by atoms with Crippen LogP contribution in [0, 0.1) is 0 Å². The Bertz CT molecular complexity index is 1570. The predicted molar refractivity (Wildman–Crippen MR) is 184 cm³/mol. The molecule has 7 atom stereocenters. The van der Waals surface area contributed by atoms with Gasteiger partial charge in [-0.25, -0.2) is 4.79 Å². The molecule has 2 aromatic rings. The largest absolute Gasteiger partial charge is 0.481 e. The lowest BCUT2D eigenvalue weighted by molar-refractivity contribution is -0.141. The number of carboxylic acid groups (broad SMARTS) is 2. The standard InChI is InChI=1S/C33H44N6O10S/c1-17(35-29(44)22-8-5-13-34-22)28(43)39-27(18(2)40)32(47)36-23(11-12-26(41)42)30(45)37-24(31(46)38-25(16-50)33(48)49)15-19-9-10-20-6-3-4-7-21(20)14-19/h3-4,6-7,9-10,14,17-18,22-25,27,34,40,50H,5,8,11-13,15-16H2,1-2H3,(H,35,44)(H,36,47)(H,37,45)(H,38,46)(H,39,43)(H,41,42)(H,48,49)/t17-,18+,22-,23-,24-,25-,27-/m0/s1. The summed E-state index contributed by atoms with van der Waals surface area (Å²) >= 11 is 3.97. The quantitative estimate of drug-likeness (QED) is 0.0824. The molecule has 50 heavy (non-hydrogen) atoms. The number of fused-ring (bicyclic) bond motifs is 1. The number of benzene rings is 2. The molecule has 0 unspecified atom stereocenters. The summed E-state index contributed by atoms with van der Waals surface area (Å²) in [6, 6.07) is 5.26. The molecule has 9 N–H and O–H groups in total. The molecule has 0 saturated carbocycles. The molecule has 1 aliphatic rings. The highest BCUT2D eigenvalue weighted by atomic mass is 32.1. The summed E-state index contributed by atoms with van der Waals surface area (Å²) in [5, 5.41) is 46.0. The van der Waals surface area contributed by atoms with E-state index in [2.05, 4.69) is 44.5 Å². The Morgan fingerprint density at radius 1 is 0.820 bits per heavy atom. The number of carboxylic acids is 2. The van der Waals surface area contributed by atoms with Gasteiger partial charge in [0.05, 0.1) is 12.1 Å². The van der Waals surface area contributed by atoms with E-state index in [9.17, 15) is 48.9 Å². The molecule has 2 aromatic carbocycles. The van der Waals surface area contributed by atoms with E-state index >= 15 is 0 Å². The fourth-order valence-corrected chi connectivity index (χ4v) is 5.56. The number of hydrogen-bond acceptors (Lipinski definition) is 10.